The molecule has 0 bridgehead atoms. The quantitative estimate of drug-likeness (QED) is 0.829. The fraction of sp³-hybridized carbons (Fsp3) is 0.267. The number of anilines is 1. The molecule has 0 aliphatic rings. The molecule has 0 aliphatic carbocycles. The minimum Gasteiger partial charge on any atom is -0.497 e. The largest absolute Gasteiger partial charge is 0.497 e. The van der Waals surface area contributed by atoms with Gasteiger partial charge in [-0.2, -0.15) is 0 Å². The first-order valence-corrected chi connectivity index (χ1v) is 6.28. The van der Waals surface area contributed by atoms with Crippen LogP contribution >= 0.6 is 0 Å². The molecule has 2 aromatic rings. The van der Waals surface area contributed by atoms with Gasteiger partial charge in [0.05, 0.1) is 7.11 Å². The van der Waals surface area contributed by atoms with Gasteiger partial charge in [0.15, 0.2) is 11.5 Å². The van der Waals surface area contributed by atoms with Crippen molar-refractivity contribution < 1.29 is 23.4 Å². The van der Waals surface area contributed by atoms with Crippen molar-refractivity contribution in [1.29, 1.82) is 0 Å². The summed E-state index contributed by atoms with van der Waals surface area (Å²) in [6.07, 6.45) is -0.632. The van der Waals surface area contributed by atoms with Crippen LogP contribution in [0.1, 0.15) is 22.6 Å². The molecule has 21 heavy (non-hydrogen) atoms. The van der Waals surface area contributed by atoms with Crippen molar-refractivity contribution in [2.24, 2.45) is 0 Å². The number of amides is 1. The number of methoxy groups -OCH3 is 3. The Morgan fingerprint density at radius 2 is 1.71 bits per heavy atom. The second kappa shape index (κ2) is 6.92. The molecule has 0 radical (unpaired) electrons. The smallest absolute Gasteiger partial charge is 0.291 e. The van der Waals surface area contributed by atoms with Crippen molar-refractivity contribution in [2.75, 3.05) is 26.6 Å². The predicted octanol–water partition coefficient (Wildman–Crippen LogP) is 2.83. The van der Waals surface area contributed by atoms with Crippen LogP contribution in [0, 0.1) is 0 Å². The number of rotatable bonds is 6. The molecule has 0 aliphatic heterocycles. The number of ether oxygens (including phenoxy) is 3. The summed E-state index contributed by atoms with van der Waals surface area (Å²) in [4.78, 5) is 12.1. The number of hydrogen-bond acceptors (Lipinski definition) is 5. The summed E-state index contributed by atoms with van der Waals surface area (Å²) >= 11 is 0. The van der Waals surface area contributed by atoms with E-state index in [2.05, 4.69) is 5.32 Å². The molecule has 0 spiro atoms. The molecule has 112 valence electrons. The number of nitrogens with one attached hydrogen (secondary N) is 1. The van der Waals surface area contributed by atoms with Crippen LogP contribution in [-0.4, -0.2) is 27.2 Å². The van der Waals surface area contributed by atoms with E-state index in [0.717, 1.165) is 5.75 Å². The molecule has 1 aromatic carbocycles. The van der Waals surface area contributed by atoms with Crippen molar-refractivity contribution in [3.63, 3.8) is 0 Å². The fourth-order valence-electron chi connectivity index (χ4n) is 1.80. The Morgan fingerprint density at radius 1 is 1.05 bits per heavy atom. The SMILES string of the molecule is COc1ccc(NC(=O)c2ccc(C(OC)OC)o2)cc1. The molecule has 1 aromatic heterocycles. The molecular weight excluding hydrogens is 274 g/mol. The summed E-state index contributed by atoms with van der Waals surface area (Å²) in [6, 6.07) is 10.2. The average Bonchev–Trinajstić information content (AvgIpc) is 2.99. The molecule has 6 nitrogen and oxygen atoms in total. The van der Waals surface area contributed by atoms with Gasteiger partial charge in [0.1, 0.15) is 5.75 Å². The second-order valence-corrected chi connectivity index (χ2v) is 4.19. The lowest BCUT2D eigenvalue weighted by atomic mass is 10.3. The maximum Gasteiger partial charge on any atom is 0.291 e. The lowest BCUT2D eigenvalue weighted by molar-refractivity contribution is -0.117. The number of benzene rings is 1. The molecule has 0 saturated heterocycles. The first-order valence-electron chi connectivity index (χ1n) is 6.28. The lowest BCUT2D eigenvalue weighted by Gasteiger charge is -2.09. The fourth-order valence-corrected chi connectivity index (χ4v) is 1.80. The number of carbonyl (C=O) groups is 1. The highest BCUT2D eigenvalue weighted by Gasteiger charge is 2.17. The average molecular weight is 291 g/mol. The second-order valence-electron chi connectivity index (χ2n) is 4.19. The van der Waals surface area contributed by atoms with Gasteiger partial charge in [-0.05, 0) is 36.4 Å². The van der Waals surface area contributed by atoms with Crippen molar-refractivity contribution in [1.82, 2.24) is 0 Å². The number of furan rings is 1. The minimum absolute atomic E-state index is 0.180. The number of hydrogen-bond donors (Lipinski definition) is 1. The molecule has 1 amide bonds. The van der Waals surface area contributed by atoms with Crippen molar-refractivity contribution in [3.05, 3.63) is 47.9 Å². The van der Waals surface area contributed by atoms with Crippen molar-refractivity contribution >= 4 is 11.6 Å². The van der Waals surface area contributed by atoms with Crippen LogP contribution in [0.4, 0.5) is 5.69 Å². The molecule has 1 N–H and O–H groups in total. The van der Waals surface area contributed by atoms with Crippen LogP contribution in [0.5, 0.6) is 5.75 Å². The van der Waals surface area contributed by atoms with E-state index < -0.39 is 6.29 Å². The van der Waals surface area contributed by atoms with E-state index in [9.17, 15) is 4.79 Å². The summed E-state index contributed by atoms with van der Waals surface area (Å²) < 4.78 is 20.6. The molecule has 6 heteroatoms. The highest BCUT2D eigenvalue weighted by molar-refractivity contribution is 6.02. The molecule has 0 atom stereocenters. The van der Waals surface area contributed by atoms with Gasteiger partial charge in [-0.15, -0.1) is 0 Å². The summed E-state index contributed by atoms with van der Waals surface area (Å²) in [5.74, 6) is 0.980. The summed E-state index contributed by atoms with van der Waals surface area (Å²) in [6.45, 7) is 0. The van der Waals surface area contributed by atoms with Gasteiger partial charge in [0.25, 0.3) is 5.91 Å². The van der Waals surface area contributed by atoms with E-state index in [4.69, 9.17) is 18.6 Å². The Balaban J connectivity index is 2.06. The highest BCUT2D eigenvalue weighted by Crippen LogP contribution is 2.21. The van der Waals surface area contributed by atoms with Crippen LogP contribution in [0.15, 0.2) is 40.8 Å². The Bertz CT molecular complexity index is 586. The molecule has 2 rings (SSSR count). The first-order chi connectivity index (χ1) is 10.2. The zero-order valence-corrected chi connectivity index (χ0v) is 12.1. The Morgan fingerprint density at radius 3 is 2.29 bits per heavy atom. The van der Waals surface area contributed by atoms with E-state index >= 15 is 0 Å². The van der Waals surface area contributed by atoms with Gasteiger partial charge >= 0.3 is 0 Å². The Hall–Kier alpha value is -2.31. The van der Waals surface area contributed by atoms with Crippen LogP contribution in [0.25, 0.3) is 0 Å². The van der Waals surface area contributed by atoms with Gasteiger partial charge < -0.3 is 23.9 Å². The van der Waals surface area contributed by atoms with Crippen molar-refractivity contribution in [2.45, 2.75) is 6.29 Å². The minimum atomic E-state index is -0.632. The van der Waals surface area contributed by atoms with Crippen LogP contribution in [0.2, 0.25) is 0 Å². The zero-order valence-electron chi connectivity index (χ0n) is 12.1. The molecule has 0 unspecified atom stereocenters. The monoisotopic (exact) mass is 291 g/mol. The Labute approximate surface area is 122 Å². The molecule has 0 fully saturated rings. The molecular formula is C15H17NO5. The third-order valence-corrected chi connectivity index (χ3v) is 2.86. The first kappa shape index (κ1) is 15.1. The molecule has 0 saturated carbocycles. The highest BCUT2D eigenvalue weighted by atomic mass is 16.7. The van der Waals surface area contributed by atoms with E-state index in [1.54, 1.807) is 43.5 Å². The van der Waals surface area contributed by atoms with Crippen molar-refractivity contribution in [3.8, 4) is 5.75 Å². The van der Waals surface area contributed by atoms with E-state index in [1.807, 2.05) is 0 Å². The Kier molecular flexibility index (Phi) is 4.97. The standard InChI is InChI=1S/C15H17NO5/c1-18-11-6-4-10(5-7-11)16-14(17)12-8-9-13(21-12)15(19-2)20-3/h4-9,15H,1-3H3,(H,16,17). The van der Waals surface area contributed by atoms with E-state index in [-0.39, 0.29) is 11.7 Å². The van der Waals surface area contributed by atoms with Crippen LogP contribution < -0.4 is 10.1 Å². The van der Waals surface area contributed by atoms with Crippen LogP contribution in [-0.2, 0) is 9.47 Å². The summed E-state index contributed by atoms with van der Waals surface area (Å²) in [5.41, 5.74) is 0.647. The van der Waals surface area contributed by atoms with Gasteiger partial charge in [-0.1, -0.05) is 0 Å². The summed E-state index contributed by atoms with van der Waals surface area (Å²) in [5, 5.41) is 2.73. The molecule has 1 heterocycles. The van der Waals surface area contributed by atoms with Gasteiger partial charge in [-0.25, -0.2) is 0 Å². The summed E-state index contributed by atoms with van der Waals surface area (Å²) in [7, 11) is 4.57. The third-order valence-electron chi connectivity index (χ3n) is 2.86. The maximum absolute atomic E-state index is 12.1. The van der Waals surface area contributed by atoms with Crippen LogP contribution in [0.3, 0.4) is 0 Å². The normalized spacial score (nSPS) is 10.7. The van der Waals surface area contributed by atoms with Gasteiger partial charge in [0.2, 0.25) is 6.29 Å². The number of carbonyl (C=O) groups excluding carboxylic acids is 1. The van der Waals surface area contributed by atoms with E-state index in [0.29, 0.717) is 11.4 Å². The van der Waals surface area contributed by atoms with Gasteiger partial charge in [-0.3, -0.25) is 4.79 Å². The third kappa shape index (κ3) is 3.62. The lowest BCUT2D eigenvalue weighted by Crippen LogP contribution is -2.11. The van der Waals surface area contributed by atoms with E-state index in [1.165, 1.54) is 14.2 Å². The predicted molar refractivity (Wildman–Crippen MR) is 76.4 cm³/mol. The topological polar surface area (TPSA) is 69.9 Å². The zero-order chi connectivity index (χ0) is 15.2. The maximum atomic E-state index is 12.1. The van der Waals surface area contributed by atoms with Gasteiger partial charge in [0, 0.05) is 19.9 Å².